The third-order valence-electron chi connectivity index (χ3n) is 4.43. The van der Waals surface area contributed by atoms with E-state index in [9.17, 15) is 9.59 Å². The van der Waals surface area contributed by atoms with Crippen LogP contribution in [0.5, 0.6) is 5.75 Å². The molecule has 3 N–H and O–H groups in total. The maximum absolute atomic E-state index is 12.7. The molecule has 0 saturated carbocycles. The number of carbonyl (C=O) groups excluding carboxylic acids is 2. The van der Waals surface area contributed by atoms with Gasteiger partial charge < -0.3 is 19.8 Å². The predicted octanol–water partition coefficient (Wildman–Crippen LogP) is 5.08. The van der Waals surface area contributed by atoms with E-state index in [0.29, 0.717) is 35.2 Å². The second-order valence-corrected chi connectivity index (χ2v) is 7.86. The summed E-state index contributed by atoms with van der Waals surface area (Å²) in [5, 5.41) is 8.48. The fourth-order valence-electron chi connectivity index (χ4n) is 2.79. The van der Waals surface area contributed by atoms with Gasteiger partial charge in [-0.3, -0.25) is 14.9 Å². The van der Waals surface area contributed by atoms with Gasteiger partial charge in [0, 0.05) is 11.4 Å². The Morgan fingerprint density at radius 2 is 1.72 bits per heavy atom. The van der Waals surface area contributed by atoms with E-state index in [-0.39, 0.29) is 22.7 Å². The predicted molar refractivity (Wildman–Crippen MR) is 128 cm³/mol. The van der Waals surface area contributed by atoms with Crippen LogP contribution in [-0.2, 0) is 0 Å². The molecule has 0 atom stereocenters. The van der Waals surface area contributed by atoms with Gasteiger partial charge in [0.2, 0.25) is 0 Å². The number of amides is 2. The highest BCUT2D eigenvalue weighted by molar-refractivity contribution is 7.80. The van der Waals surface area contributed by atoms with Crippen molar-refractivity contribution in [1.82, 2.24) is 5.32 Å². The molecule has 1 aromatic heterocycles. The van der Waals surface area contributed by atoms with Crippen LogP contribution in [0.1, 0.15) is 41.2 Å². The molecule has 0 bridgehead atoms. The molecule has 0 aliphatic rings. The minimum atomic E-state index is -0.370. The lowest BCUT2D eigenvalue weighted by atomic mass is 10.1. The first kappa shape index (κ1) is 23.0. The van der Waals surface area contributed by atoms with Gasteiger partial charge in [-0.15, -0.1) is 0 Å². The molecule has 0 radical (unpaired) electrons. The Morgan fingerprint density at radius 3 is 2.44 bits per heavy atom. The van der Waals surface area contributed by atoms with E-state index in [1.54, 1.807) is 54.6 Å². The number of carbonyl (C=O) groups is 2. The highest BCUT2D eigenvalue weighted by Crippen LogP contribution is 2.19. The summed E-state index contributed by atoms with van der Waals surface area (Å²) in [5.41, 5.74) is 1.56. The molecular weight excluding hydrogens is 426 g/mol. The summed E-state index contributed by atoms with van der Waals surface area (Å²) in [7, 11) is 0. The standard InChI is InChI=1S/C24H25N3O4S/c1-16(2)12-14-31-20-10-4-3-9-19(20)22(28)27-24(32)26-18-8-5-7-17(15-18)25-23(29)21-11-6-13-30-21/h3-11,13,15-16H,12,14H2,1-2H3,(H,25,29)(H2,26,27,28,32). The molecule has 0 spiro atoms. The van der Waals surface area contributed by atoms with Crippen molar-refractivity contribution in [3.8, 4) is 5.75 Å². The number of anilines is 2. The normalized spacial score (nSPS) is 10.5. The summed E-state index contributed by atoms with van der Waals surface area (Å²) in [5.74, 6) is 0.492. The molecule has 3 rings (SSSR count). The van der Waals surface area contributed by atoms with Crippen LogP contribution < -0.4 is 20.7 Å². The van der Waals surface area contributed by atoms with Crippen LogP contribution in [0, 0.1) is 5.92 Å². The third kappa shape index (κ3) is 6.68. The van der Waals surface area contributed by atoms with Gasteiger partial charge in [-0.25, -0.2) is 0 Å². The van der Waals surface area contributed by atoms with Crippen molar-refractivity contribution in [2.45, 2.75) is 20.3 Å². The molecule has 0 saturated heterocycles. The Balaban J connectivity index is 1.59. The minimum Gasteiger partial charge on any atom is -0.493 e. The molecule has 2 aromatic carbocycles. The number of hydrogen-bond acceptors (Lipinski definition) is 5. The second kappa shape index (κ2) is 11.1. The van der Waals surface area contributed by atoms with E-state index < -0.39 is 0 Å². The van der Waals surface area contributed by atoms with Gasteiger partial charge in [-0.1, -0.05) is 32.0 Å². The monoisotopic (exact) mass is 451 g/mol. The van der Waals surface area contributed by atoms with Gasteiger partial charge in [0.1, 0.15) is 5.75 Å². The topological polar surface area (TPSA) is 92.6 Å². The average molecular weight is 452 g/mol. The fourth-order valence-corrected chi connectivity index (χ4v) is 3.00. The summed E-state index contributed by atoms with van der Waals surface area (Å²) >= 11 is 5.29. The van der Waals surface area contributed by atoms with Crippen molar-refractivity contribution in [3.63, 3.8) is 0 Å². The zero-order chi connectivity index (χ0) is 22.9. The summed E-state index contributed by atoms with van der Waals surface area (Å²) in [6, 6.07) is 17.2. The Labute approximate surface area is 192 Å². The number of benzene rings is 2. The van der Waals surface area contributed by atoms with Gasteiger partial charge in [0.25, 0.3) is 11.8 Å². The van der Waals surface area contributed by atoms with Crippen LogP contribution in [0.4, 0.5) is 11.4 Å². The maximum Gasteiger partial charge on any atom is 0.291 e. The van der Waals surface area contributed by atoms with Crippen molar-refractivity contribution in [2.24, 2.45) is 5.92 Å². The number of furan rings is 1. The third-order valence-corrected chi connectivity index (χ3v) is 4.64. The van der Waals surface area contributed by atoms with Gasteiger partial charge >= 0.3 is 0 Å². The number of hydrogen-bond donors (Lipinski definition) is 3. The lowest BCUT2D eigenvalue weighted by Crippen LogP contribution is -2.34. The summed E-state index contributed by atoms with van der Waals surface area (Å²) in [6.45, 7) is 4.76. The van der Waals surface area contributed by atoms with E-state index in [1.165, 1.54) is 6.26 Å². The van der Waals surface area contributed by atoms with Gasteiger partial charge in [0.15, 0.2) is 10.9 Å². The molecule has 7 nitrogen and oxygen atoms in total. The van der Waals surface area contributed by atoms with Crippen LogP contribution in [0.2, 0.25) is 0 Å². The van der Waals surface area contributed by atoms with Crippen LogP contribution in [-0.4, -0.2) is 23.5 Å². The van der Waals surface area contributed by atoms with Crippen molar-refractivity contribution in [3.05, 3.63) is 78.3 Å². The van der Waals surface area contributed by atoms with E-state index in [4.69, 9.17) is 21.4 Å². The molecule has 32 heavy (non-hydrogen) atoms. The van der Waals surface area contributed by atoms with Crippen LogP contribution in [0.15, 0.2) is 71.3 Å². The zero-order valence-electron chi connectivity index (χ0n) is 17.9. The Hall–Kier alpha value is -3.65. The molecule has 0 fully saturated rings. The Bertz CT molecular complexity index is 1080. The van der Waals surface area contributed by atoms with E-state index in [0.717, 1.165) is 6.42 Å². The second-order valence-electron chi connectivity index (χ2n) is 7.45. The molecule has 8 heteroatoms. The van der Waals surface area contributed by atoms with E-state index in [1.807, 2.05) is 6.07 Å². The number of thiocarbonyl (C=S) groups is 1. The summed E-state index contributed by atoms with van der Waals surface area (Å²) in [4.78, 5) is 24.9. The summed E-state index contributed by atoms with van der Waals surface area (Å²) in [6.07, 6.45) is 2.32. The Morgan fingerprint density at radius 1 is 0.969 bits per heavy atom. The van der Waals surface area contributed by atoms with Crippen molar-refractivity contribution in [1.29, 1.82) is 0 Å². The fraction of sp³-hybridized carbons (Fsp3) is 0.208. The lowest BCUT2D eigenvalue weighted by molar-refractivity contribution is 0.0971. The van der Waals surface area contributed by atoms with E-state index in [2.05, 4.69) is 29.8 Å². The smallest absolute Gasteiger partial charge is 0.291 e. The highest BCUT2D eigenvalue weighted by Gasteiger charge is 2.14. The van der Waals surface area contributed by atoms with Crippen molar-refractivity contribution in [2.75, 3.05) is 17.2 Å². The van der Waals surface area contributed by atoms with Crippen LogP contribution >= 0.6 is 12.2 Å². The average Bonchev–Trinajstić information content (AvgIpc) is 3.29. The number of para-hydroxylation sites is 1. The first-order chi connectivity index (χ1) is 15.4. The summed E-state index contributed by atoms with van der Waals surface area (Å²) < 4.78 is 10.9. The molecule has 1 heterocycles. The molecule has 0 unspecified atom stereocenters. The molecule has 2 amide bonds. The molecule has 0 aliphatic heterocycles. The lowest BCUT2D eigenvalue weighted by Gasteiger charge is -2.14. The van der Waals surface area contributed by atoms with Crippen LogP contribution in [0.25, 0.3) is 0 Å². The SMILES string of the molecule is CC(C)CCOc1ccccc1C(=O)NC(=S)Nc1cccc(NC(=O)c2ccco2)c1. The first-order valence-electron chi connectivity index (χ1n) is 10.2. The van der Waals surface area contributed by atoms with Crippen LogP contribution in [0.3, 0.4) is 0 Å². The van der Waals surface area contributed by atoms with E-state index >= 15 is 0 Å². The van der Waals surface area contributed by atoms with Crippen molar-refractivity contribution < 1.29 is 18.7 Å². The molecule has 0 aliphatic carbocycles. The zero-order valence-corrected chi connectivity index (χ0v) is 18.7. The number of rotatable bonds is 8. The molecular formula is C24H25N3O4S. The van der Waals surface area contributed by atoms with Gasteiger partial charge in [0.05, 0.1) is 18.4 Å². The number of nitrogens with one attached hydrogen (secondary N) is 3. The van der Waals surface area contributed by atoms with Gasteiger partial charge in [-0.2, -0.15) is 0 Å². The molecule has 3 aromatic rings. The maximum atomic E-state index is 12.7. The Kier molecular flexibility index (Phi) is 7.99. The molecule has 166 valence electrons. The highest BCUT2D eigenvalue weighted by atomic mass is 32.1. The largest absolute Gasteiger partial charge is 0.493 e. The van der Waals surface area contributed by atoms with Gasteiger partial charge in [-0.05, 0) is 67.0 Å². The number of ether oxygens (including phenoxy) is 1. The minimum absolute atomic E-state index is 0.126. The van der Waals surface area contributed by atoms with Crippen molar-refractivity contribution >= 4 is 40.5 Å². The quantitative estimate of drug-likeness (QED) is 0.414. The first-order valence-corrected chi connectivity index (χ1v) is 10.6.